The van der Waals surface area contributed by atoms with Crippen LogP contribution in [0.15, 0.2) is 60.7 Å². The Kier molecular flexibility index (Phi) is 6.80. The van der Waals surface area contributed by atoms with E-state index in [1.54, 1.807) is 28.4 Å². The van der Waals surface area contributed by atoms with Gasteiger partial charge in [-0.1, -0.05) is 36.4 Å². The van der Waals surface area contributed by atoms with Crippen molar-refractivity contribution in [2.24, 2.45) is 0 Å². The van der Waals surface area contributed by atoms with E-state index in [0.29, 0.717) is 0 Å². The fraction of sp³-hybridized carbons (Fsp3) is 0.200. The number of benzene rings is 3. The van der Waals surface area contributed by atoms with Crippen LogP contribution in [0.2, 0.25) is 0 Å². The van der Waals surface area contributed by atoms with Crippen molar-refractivity contribution in [3.63, 3.8) is 0 Å². The number of hydrogen-bond donors (Lipinski definition) is 0. The third-order valence-electron chi connectivity index (χ3n) is 4.76. The molecule has 0 aliphatic heterocycles. The molecule has 4 heteroatoms. The number of hydrogen-bond acceptors (Lipinski definition) is 4. The van der Waals surface area contributed by atoms with Gasteiger partial charge in [-0.05, 0) is 47.0 Å². The molecule has 0 atom stereocenters. The second-order valence-corrected chi connectivity index (χ2v) is 6.53. The van der Waals surface area contributed by atoms with Crippen LogP contribution in [0.5, 0.6) is 23.0 Å². The van der Waals surface area contributed by atoms with Gasteiger partial charge in [-0.15, -0.1) is 0 Å². The summed E-state index contributed by atoms with van der Waals surface area (Å²) in [6.07, 6.45) is 4.88. The van der Waals surface area contributed by atoms with E-state index >= 15 is 0 Å². The van der Waals surface area contributed by atoms with Crippen LogP contribution in [0.1, 0.15) is 22.3 Å². The molecule has 0 saturated carbocycles. The molecule has 4 nitrogen and oxygen atoms in total. The lowest BCUT2D eigenvalue weighted by Crippen LogP contribution is -1.99. The predicted octanol–water partition coefficient (Wildman–Crippen LogP) is 5.48. The molecule has 0 fully saturated rings. The Bertz CT molecular complexity index is 975. The standard InChI is InChI=1S/C25H26O4/c1-26-21-12-9-19(10-13-21)15-24-20(16-23(28-3)17-25(24)29-4)11-8-18-6-5-7-22(14-18)27-2/h5-14,16-17H,15H2,1-4H3/b11-8+. The molecule has 0 radical (unpaired) electrons. The van der Waals surface area contributed by atoms with Gasteiger partial charge in [0.2, 0.25) is 0 Å². The Hall–Kier alpha value is -3.40. The average molecular weight is 390 g/mol. The van der Waals surface area contributed by atoms with Gasteiger partial charge in [-0.3, -0.25) is 0 Å². The van der Waals surface area contributed by atoms with Gasteiger partial charge in [0.1, 0.15) is 23.0 Å². The highest BCUT2D eigenvalue weighted by Crippen LogP contribution is 2.32. The molecular weight excluding hydrogens is 364 g/mol. The van der Waals surface area contributed by atoms with Crippen LogP contribution in [0, 0.1) is 0 Å². The van der Waals surface area contributed by atoms with E-state index in [9.17, 15) is 0 Å². The summed E-state index contributed by atoms with van der Waals surface area (Å²) in [5.41, 5.74) is 4.37. The molecule has 0 heterocycles. The quantitative estimate of drug-likeness (QED) is 0.477. The maximum atomic E-state index is 5.68. The van der Waals surface area contributed by atoms with Crippen LogP contribution < -0.4 is 18.9 Å². The highest BCUT2D eigenvalue weighted by Gasteiger charge is 2.12. The van der Waals surface area contributed by atoms with Crippen molar-refractivity contribution in [1.82, 2.24) is 0 Å². The highest BCUT2D eigenvalue weighted by molar-refractivity contribution is 5.74. The third-order valence-corrected chi connectivity index (χ3v) is 4.76. The van der Waals surface area contributed by atoms with Crippen LogP contribution in [-0.4, -0.2) is 28.4 Å². The van der Waals surface area contributed by atoms with Gasteiger partial charge in [0, 0.05) is 18.1 Å². The monoisotopic (exact) mass is 390 g/mol. The van der Waals surface area contributed by atoms with Gasteiger partial charge in [-0.2, -0.15) is 0 Å². The number of rotatable bonds is 8. The van der Waals surface area contributed by atoms with Crippen molar-refractivity contribution in [1.29, 1.82) is 0 Å². The first-order valence-electron chi connectivity index (χ1n) is 9.36. The van der Waals surface area contributed by atoms with Gasteiger partial charge in [0.05, 0.1) is 28.4 Å². The first-order chi connectivity index (χ1) is 14.2. The van der Waals surface area contributed by atoms with Crippen LogP contribution in [0.25, 0.3) is 12.2 Å². The molecule has 29 heavy (non-hydrogen) atoms. The summed E-state index contributed by atoms with van der Waals surface area (Å²) in [6, 6.07) is 20.0. The molecule has 3 aromatic carbocycles. The minimum absolute atomic E-state index is 0.731. The molecule has 0 saturated heterocycles. The summed E-state index contributed by atoms with van der Waals surface area (Å²) in [6.45, 7) is 0. The van der Waals surface area contributed by atoms with Crippen molar-refractivity contribution in [3.8, 4) is 23.0 Å². The third kappa shape index (κ3) is 5.11. The first-order valence-corrected chi connectivity index (χ1v) is 9.36. The fourth-order valence-corrected chi connectivity index (χ4v) is 3.16. The van der Waals surface area contributed by atoms with E-state index in [1.807, 2.05) is 48.5 Å². The van der Waals surface area contributed by atoms with Gasteiger partial charge in [0.15, 0.2) is 0 Å². The SMILES string of the molecule is COc1ccc(Cc2c(/C=C/c3cccc(OC)c3)cc(OC)cc2OC)cc1. The molecule has 0 unspecified atom stereocenters. The fourth-order valence-electron chi connectivity index (χ4n) is 3.16. The van der Waals surface area contributed by atoms with Gasteiger partial charge < -0.3 is 18.9 Å². The van der Waals surface area contributed by atoms with Crippen molar-refractivity contribution in [2.75, 3.05) is 28.4 Å². The zero-order valence-electron chi connectivity index (χ0n) is 17.3. The zero-order valence-corrected chi connectivity index (χ0v) is 17.3. The van der Waals surface area contributed by atoms with Crippen molar-refractivity contribution in [3.05, 3.63) is 82.9 Å². The minimum atomic E-state index is 0.731. The largest absolute Gasteiger partial charge is 0.497 e. The molecule has 3 rings (SSSR count). The summed E-state index contributed by atoms with van der Waals surface area (Å²) >= 11 is 0. The van der Waals surface area contributed by atoms with Crippen molar-refractivity contribution >= 4 is 12.2 Å². The molecule has 0 amide bonds. The Labute approximate surface area is 172 Å². The second kappa shape index (κ2) is 9.69. The lowest BCUT2D eigenvalue weighted by atomic mass is 9.97. The van der Waals surface area contributed by atoms with Crippen LogP contribution in [0.4, 0.5) is 0 Å². The molecule has 0 aliphatic carbocycles. The van der Waals surface area contributed by atoms with E-state index in [0.717, 1.165) is 46.1 Å². The molecule has 0 aliphatic rings. The topological polar surface area (TPSA) is 36.9 Å². The summed E-state index contributed by atoms with van der Waals surface area (Å²) in [7, 11) is 6.68. The molecule has 3 aromatic rings. The first kappa shape index (κ1) is 20.3. The summed E-state index contributed by atoms with van der Waals surface area (Å²) in [5, 5.41) is 0. The van der Waals surface area contributed by atoms with Crippen LogP contribution in [-0.2, 0) is 6.42 Å². The Morgan fingerprint density at radius 3 is 2.03 bits per heavy atom. The van der Waals surface area contributed by atoms with Crippen molar-refractivity contribution < 1.29 is 18.9 Å². The lowest BCUT2D eigenvalue weighted by Gasteiger charge is -2.15. The number of methoxy groups -OCH3 is 4. The predicted molar refractivity (Wildman–Crippen MR) is 117 cm³/mol. The van der Waals surface area contributed by atoms with Gasteiger partial charge in [0.25, 0.3) is 0 Å². The van der Waals surface area contributed by atoms with Crippen LogP contribution in [0.3, 0.4) is 0 Å². The smallest absolute Gasteiger partial charge is 0.126 e. The molecule has 150 valence electrons. The Balaban J connectivity index is 1.99. The van der Waals surface area contributed by atoms with E-state index in [-0.39, 0.29) is 0 Å². The number of ether oxygens (including phenoxy) is 4. The maximum absolute atomic E-state index is 5.68. The zero-order chi connectivity index (χ0) is 20.6. The maximum Gasteiger partial charge on any atom is 0.126 e. The van der Waals surface area contributed by atoms with E-state index in [1.165, 1.54) is 5.56 Å². The van der Waals surface area contributed by atoms with Gasteiger partial charge in [-0.25, -0.2) is 0 Å². The Morgan fingerprint density at radius 1 is 0.655 bits per heavy atom. The second-order valence-electron chi connectivity index (χ2n) is 6.53. The van der Waals surface area contributed by atoms with Crippen molar-refractivity contribution in [2.45, 2.75) is 6.42 Å². The molecule has 0 bridgehead atoms. The van der Waals surface area contributed by atoms with E-state index < -0.39 is 0 Å². The molecule has 0 N–H and O–H groups in total. The molecular formula is C25H26O4. The van der Waals surface area contributed by atoms with E-state index in [2.05, 4.69) is 24.3 Å². The lowest BCUT2D eigenvalue weighted by molar-refractivity contribution is 0.391. The summed E-state index contributed by atoms with van der Waals surface area (Å²) in [4.78, 5) is 0. The summed E-state index contributed by atoms with van der Waals surface area (Å²) < 4.78 is 21.7. The average Bonchev–Trinajstić information content (AvgIpc) is 2.78. The molecule has 0 spiro atoms. The highest BCUT2D eigenvalue weighted by atomic mass is 16.5. The summed E-state index contributed by atoms with van der Waals surface area (Å²) in [5.74, 6) is 3.22. The van der Waals surface area contributed by atoms with E-state index in [4.69, 9.17) is 18.9 Å². The molecule has 0 aromatic heterocycles. The Morgan fingerprint density at radius 2 is 1.38 bits per heavy atom. The normalized spacial score (nSPS) is 10.8. The van der Waals surface area contributed by atoms with Gasteiger partial charge >= 0.3 is 0 Å². The minimum Gasteiger partial charge on any atom is -0.497 e. The van der Waals surface area contributed by atoms with Crippen LogP contribution >= 0.6 is 0 Å².